The summed E-state index contributed by atoms with van der Waals surface area (Å²) in [6.45, 7) is 0. The van der Waals surface area contributed by atoms with E-state index in [4.69, 9.17) is 4.74 Å². The zero-order valence-electron chi connectivity index (χ0n) is 5.04. The molecule has 0 aromatic rings. The monoisotopic (exact) mass is 124 g/mol. The SMILES string of the molecule is O=C1OC2CC3C(C2)C13. The number of rotatable bonds is 0. The van der Waals surface area contributed by atoms with Crippen LogP contribution in [0.25, 0.3) is 0 Å². The van der Waals surface area contributed by atoms with Crippen LogP contribution in [0.4, 0.5) is 0 Å². The van der Waals surface area contributed by atoms with Crippen LogP contribution in [0.15, 0.2) is 0 Å². The van der Waals surface area contributed by atoms with Gasteiger partial charge in [-0.05, 0) is 24.7 Å². The highest BCUT2D eigenvalue weighted by atomic mass is 16.5. The van der Waals surface area contributed by atoms with Crippen molar-refractivity contribution < 1.29 is 9.53 Å². The van der Waals surface area contributed by atoms with Gasteiger partial charge in [0.2, 0.25) is 0 Å². The molecule has 2 heterocycles. The first-order chi connectivity index (χ1) is 4.36. The van der Waals surface area contributed by atoms with Gasteiger partial charge in [0.1, 0.15) is 6.10 Å². The second kappa shape index (κ2) is 1.02. The van der Waals surface area contributed by atoms with E-state index < -0.39 is 0 Å². The van der Waals surface area contributed by atoms with Gasteiger partial charge in [-0.3, -0.25) is 4.79 Å². The third-order valence-electron chi connectivity index (χ3n) is 2.96. The van der Waals surface area contributed by atoms with E-state index in [9.17, 15) is 4.79 Å². The van der Waals surface area contributed by atoms with E-state index in [2.05, 4.69) is 0 Å². The number of esters is 1. The van der Waals surface area contributed by atoms with Gasteiger partial charge in [0.25, 0.3) is 0 Å². The normalized spacial score (nSPS) is 59.3. The fourth-order valence-corrected chi connectivity index (χ4v) is 2.48. The maximum Gasteiger partial charge on any atom is 0.309 e. The summed E-state index contributed by atoms with van der Waals surface area (Å²) in [7, 11) is 0. The van der Waals surface area contributed by atoms with Crippen molar-refractivity contribution in [3.05, 3.63) is 0 Å². The Morgan fingerprint density at radius 2 is 2.00 bits per heavy atom. The van der Waals surface area contributed by atoms with Gasteiger partial charge in [0.05, 0.1) is 5.92 Å². The molecule has 0 aromatic heterocycles. The first kappa shape index (κ1) is 4.31. The molecule has 4 rings (SSSR count). The maximum atomic E-state index is 10.9. The van der Waals surface area contributed by atoms with Crippen molar-refractivity contribution in [2.75, 3.05) is 0 Å². The first-order valence-electron chi connectivity index (χ1n) is 3.57. The standard InChI is InChI=1S/C7H8O2/c8-7-6-4-1-3(9-7)2-5(4)6/h3-6H,1-2H2. The molecule has 9 heavy (non-hydrogen) atoms. The Bertz CT molecular complexity index is 175. The number of fused-ring (bicyclic) bond motifs is 1. The fourth-order valence-electron chi connectivity index (χ4n) is 2.48. The van der Waals surface area contributed by atoms with Gasteiger partial charge in [-0.1, -0.05) is 0 Å². The first-order valence-corrected chi connectivity index (χ1v) is 3.57. The highest BCUT2D eigenvalue weighted by Gasteiger charge is 2.65. The molecule has 2 aliphatic carbocycles. The van der Waals surface area contributed by atoms with Crippen LogP contribution in [0.5, 0.6) is 0 Å². The van der Waals surface area contributed by atoms with Crippen LogP contribution in [0.3, 0.4) is 0 Å². The van der Waals surface area contributed by atoms with Crippen LogP contribution in [-0.4, -0.2) is 12.1 Å². The molecule has 4 bridgehead atoms. The third-order valence-corrected chi connectivity index (χ3v) is 2.96. The minimum absolute atomic E-state index is 0.0903. The van der Waals surface area contributed by atoms with Gasteiger partial charge < -0.3 is 4.74 Å². The Morgan fingerprint density at radius 1 is 1.33 bits per heavy atom. The van der Waals surface area contributed by atoms with E-state index >= 15 is 0 Å². The fraction of sp³-hybridized carbons (Fsp3) is 0.857. The summed E-state index contributed by atoms with van der Waals surface area (Å²) >= 11 is 0. The van der Waals surface area contributed by atoms with Crippen molar-refractivity contribution in [1.82, 2.24) is 0 Å². The minimum Gasteiger partial charge on any atom is -0.462 e. The molecule has 0 radical (unpaired) electrons. The summed E-state index contributed by atoms with van der Waals surface area (Å²) in [5.74, 6) is 1.93. The van der Waals surface area contributed by atoms with E-state index in [1.54, 1.807) is 0 Å². The molecule has 2 saturated carbocycles. The Labute approximate surface area is 53.2 Å². The Balaban J connectivity index is 2.03. The van der Waals surface area contributed by atoms with Gasteiger partial charge >= 0.3 is 5.97 Å². The molecule has 48 valence electrons. The molecule has 2 unspecified atom stereocenters. The number of hydrogen-bond donors (Lipinski definition) is 0. The van der Waals surface area contributed by atoms with Crippen molar-refractivity contribution >= 4 is 5.97 Å². The van der Waals surface area contributed by atoms with Crippen LogP contribution >= 0.6 is 0 Å². The van der Waals surface area contributed by atoms with E-state index in [-0.39, 0.29) is 5.97 Å². The smallest absolute Gasteiger partial charge is 0.309 e. The van der Waals surface area contributed by atoms with Gasteiger partial charge in [0.15, 0.2) is 0 Å². The van der Waals surface area contributed by atoms with Crippen LogP contribution in [0, 0.1) is 17.8 Å². The maximum absolute atomic E-state index is 10.9. The van der Waals surface area contributed by atoms with Crippen LogP contribution in [0.2, 0.25) is 0 Å². The molecule has 2 aliphatic heterocycles. The predicted octanol–water partition coefficient (Wildman–Crippen LogP) is 0.568. The highest BCUT2D eigenvalue weighted by molar-refractivity contribution is 5.78. The largest absolute Gasteiger partial charge is 0.462 e. The molecule has 2 atom stereocenters. The minimum atomic E-state index is 0.0903. The second-order valence-corrected chi connectivity index (χ2v) is 3.38. The van der Waals surface area contributed by atoms with Crippen LogP contribution < -0.4 is 0 Å². The number of carbonyl (C=O) groups excluding carboxylic acids is 1. The van der Waals surface area contributed by atoms with Crippen LogP contribution in [0.1, 0.15) is 12.8 Å². The molecule has 2 saturated heterocycles. The quantitative estimate of drug-likeness (QED) is 0.441. The lowest BCUT2D eigenvalue weighted by Gasteiger charge is -2.21. The van der Waals surface area contributed by atoms with E-state index in [1.807, 2.05) is 0 Å². The van der Waals surface area contributed by atoms with Gasteiger partial charge in [-0.25, -0.2) is 0 Å². The number of hydrogen-bond acceptors (Lipinski definition) is 2. The second-order valence-electron chi connectivity index (χ2n) is 3.38. The van der Waals surface area contributed by atoms with E-state index in [0.717, 1.165) is 11.8 Å². The van der Waals surface area contributed by atoms with E-state index in [0.29, 0.717) is 12.0 Å². The van der Waals surface area contributed by atoms with Crippen molar-refractivity contribution in [2.45, 2.75) is 18.9 Å². The Hall–Kier alpha value is -0.530. The van der Waals surface area contributed by atoms with Gasteiger partial charge in [-0.15, -0.1) is 0 Å². The summed E-state index contributed by atoms with van der Waals surface area (Å²) < 4.78 is 5.07. The molecular formula is C7H8O2. The topological polar surface area (TPSA) is 26.3 Å². The lowest BCUT2D eigenvalue weighted by molar-refractivity contribution is -0.158. The summed E-state index contributed by atoms with van der Waals surface area (Å²) in [4.78, 5) is 10.9. The highest BCUT2D eigenvalue weighted by Crippen LogP contribution is 2.62. The van der Waals surface area contributed by atoms with Gasteiger partial charge in [-0.2, -0.15) is 0 Å². The number of carbonyl (C=O) groups is 1. The lowest BCUT2D eigenvalue weighted by atomic mass is 10.1. The molecule has 2 heteroatoms. The predicted molar refractivity (Wildman–Crippen MR) is 29.6 cm³/mol. The summed E-state index contributed by atoms with van der Waals surface area (Å²) in [6.07, 6.45) is 2.65. The third kappa shape index (κ3) is 0.345. The average Bonchev–Trinajstić information content (AvgIpc) is 2.37. The van der Waals surface area contributed by atoms with Gasteiger partial charge in [0, 0.05) is 0 Å². The lowest BCUT2D eigenvalue weighted by Crippen LogP contribution is -2.27. The van der Waals surface area contributed by atoms with Crippen molar-refractivity contribution in [2.24, 2.45) is 17.8 Å². The molecule has 4 fully saturated rings. The zero-order chi connectivity index (χ0) is 6.01. The van der Waals surface area contributed by atoms with E-state index in [1.165, 1.54) is 12.8 Å². The van der Waals surface area contributed by atoms with Crippen molar-refractivity contribution in [3.8, 4) is 0 Å². The van der Waals surface area contributed by atoms with Crippen molar-refractivity contribution in [1.29, 1.82) is 0 Å². The molecule has 0 N–H and O–H groups in total. The molecule has 0 aromatic carbocycles. The van der Waals surface area contributed by atoms with Crippen LogP contribution in [-0.2, 0) is 9.53 Å². The summed E-state index contributed by atoms with van der Waals surface area (Å²) in [5.41, 5.74) is 0. The summed E-state index contributed by atoms with van der Waals surface area (Å²) in [5, 5.41) is 0. The molecule has 0 amide bonds. The molecular weight excluding hydrogens is 116 g/mol. The summed E-state index contributed by atoms with van der Waals surface area (Å²) in [6, 6.07) is 0. The zero-order valence-corrected chi connectivity index (χ0v) is 5.04. The molecule has 0 spiro atoms. The molecule has 2 nitrogen and oxygen atoms in total. The number of ether oxygens (including phenoxy) is 1. The van der Waals surface area contributed by atoms with Crippen molar-refractivity contribution in [3.63, 3.8) is 0 Å². The Kier molecular flexibility index (Phi) is 0.491. The Morgan fingerprint density at radius 3 is 2.33 bits per heavy atom. The molecule has 4 aliphatic rings. The average molecular weight is 124 g/mol.